The summed E-state index contributed by atoms with van der Waals surface area (Å²) in [4.78, 5) is 2.65. The maximum absolute atomic E-state index is 13.1. The van der Waals surface area contributed by atoms with Crippen molar-refractivity contribution in [2.75, 3.05) is 33.0 Å². The summed E-state index contributed by atoms with van der Waals surface area (Å²) in [5.74, 6) is 1.56. The molecule has 2 heterocycles. The second-order valence-corrected chi connectivity index (χ2v) is 10.6. The molecule has 0 spiro atoms. The highest BCUT2D eigenvalue weighted by Crippen LogP contribution is 2.33. The van der Waals surface area contributed by atoms with Crippen molar-refractivity contribution in [1.29, 1.82) is 0 Å². The molecule has 162 valence electrons. The molecule has 2 aromatic rings. The number of benzene rings is 2. The van der Waals surface area contributed by atoms with Crippen LogP contribution in [-0.2, 0) is 22.0 Å². The lowest BCUT2D eigenvalue weighted by Crippen LogP contribution is -2.48. The first-order chi connectivity index (χ1) is 14.3. The lowest BCUT2D eigenvalue weighted by Gasteiger charge is -2.34. The van der Waals surface area contributed by atoms with E-state index in [1.54, 1.807) is 16.4 Å². The smallest absolute Gasteiger partial charge is 0.243 e. The number of hydrogen-bond acceptors (Lipinski definition) is 5. The summed E-state index contributed by atoms with van der Waals surface area (Å²) in [7, 11) is -3.47. The molecule has 0 radical (unpaired) electrons. The van der Waals surface area contributed by atoms with Gasteiger partial charge in [-0.15, -0.1) is 0 Å². The van der Waals surface area contributed by atoms with Crippen molar-refractivity contribution in [3.8, 4) is 11.5 Å². The monoisotopic (exact) mass is 430 g/mol. The molecule has 2 aromatic carbocycles. The second kappa shape index (κ2) is 8.21. The van der Waals surface area contributed by atoms with Gasteiger partial charge in [-0.2, -0.15) is 4.31 Å². The van der Waals surface area contributed by atoms with Crippen molar-refractivity contribution in [2.45, 2.75) is 44.0 Å². The number of piperazine rings is 1. The zero-order chi connectivity index (χ0) is 21.4. The van der Waals surface area contributed by atoms with Crippen LogP contribution in [0, 0.1) is 0 Å². The van der Waals surface area contributed by atoms with E-state index in [4.69, 9.17) is 9.47 Å². The molecule has 0 aromatic heterocycles. The van der Waals surface area contributed by atoms with Crippen molar-refractivity contribution in [2.24, 2.45) is 0 Å². The molecule has 0 N–H and O–H groups in total. The van der Waals surface area contributed by atoms with E-state index >= 15 is 0 Å². The van der Waals surface area contributed by atoms with Gasteiger partial charge in [0.1, 0.15) is 0 Å². The Hall–Kier alpha value is -2.09. The Balaban J connectivity index is 1.38. The van der Waals surface area contributed by atoms with E-state index in [0.29, 0.717) is 31.1 Å². The van der Waals surface area contributed by atoms with E-state index in [9.17, 15) is 8.42 Å². The van der Waals surface area contributed by atoms with Crippen LogP contribution in [0.4, 0.5) is 0 Å². The first-order valence-electron chi connectivity index (χ1n) is 10.5. The van der Waals surface area contributed by atoms with Crippen molar-refractivity contribution in [3.05, 3.63) is 53.6 Å². The van der Waals surface area contributed by atoms with Gasteiger partial charge in [0.15, 0.2) is 11.5 Å². The van der Waals surface area contributed by atoms with E-state index in [0.717, 1.165) is 35.6 Å². The predicted molar refractivity (Wildman–Crippen MR) is 116 cm³/mol. The van der Waals surface area contributed by atoms with Gasteiger partial charge in [0.25, 0.3) is 0 Å². The van der Waals surface area contributed by atoms with Crippen LogP contribution in [0.3, 0.4) is 0 Å². The maximum atomic E-state index is 13.1. The summed E-state index contributed by atoms with van der Waals surface area (Å²) in [5, 5.41) is 0. The average Bonchev–Trinajstić information content (AvgIpc) is 3.22. The molecule has 0 saturated carbocycles. The number of ether oxygens (including phenoxy) is 2. The molecule has 6 nitrogen and oxygen atoms in total. The third-order valence-electron chi connectivity index (χ3n) is 6.33. The number of rotatable bonds is 6. The third kappa shape index (κ3) is 4.19. The zero-order valence-corrected chi connectivity index (χ0v) is 18.7. The topological polar surface area (TPSA) is 59.1 Å². The molecule has 0 aliphatic carbocycles. The SMILES string of the molecule is CCC(C)(C)c1ccc(S(=O)(=O)N2CCN(Cc3ccc4c(c3)OCO4)CC2)cc1. The fourth-order valence-electron chi connectivity index (χ4n) is 3.86. The minimum absolute atomic E-state index is 0.0443. The lowest BCUT2D eigenvalue weighted by molar-refractivity contribution is 0.173. The highest BCUT2D eigenvalue weighted by atomic mass is 32.2. The molecular formula is C23H30N2O4S. The Labute approximate surface area is 179 Å². The molecule has 0 atom stereocenters. The summed E-state index contributed by atoms with van der Waals surface area (Å²) in [6, 6.07) is 13.4. The number of sulfonamides is 1. The molecule has 1 fully saturated rings. The Bertz CT molecular complexity index is 994. The summed E-state index contributed by atoms with van der Waals surface area (Å²) >= 11 is 0. The van der Waals surface area contributed by atoms with E-state index in [2.05, 4.69) is 25.7 Å². The number of nitrogens with zero attached hydrogens (tertiary/aromatic N) is 2. The van der Waals surface area contributed by atoms with Crippen molar-refractivity contribution < 1.29 is 17.9 Å². The summed E-state index contributed by atoms with van der Waals surface area (Å²) in [6.45, 7) is 9.93. The Kier molecular flexibility index (Phi) is 5.79. The van der Waals surface area contributed by atoms with Gasteiger partial charge in [-0.25, -0.2) is 8.42 Å². The van der Waals surface area contributed by atoms with E-state index in [1.165, 1.54) is 0 Å². The van der Waals surface area contributed by atoms with Gasteiger partial charge in [-0.1, -0.05) is 39.0 Å². The van der Waals surface area contributed by atoms with Crippen molar-refractivity contribution in [1.82, 2.24) is 9.21 Å². The maximum Gasteiger partial charge on any atom is 0.243 e. The molecule has 2 aliphatic heterocycles. The highest BCUT2D eigenvalue weighted by molar-refractivity contribution is 7.89. The van der Waals surface area contributed by atoms with E-state index in [-0.39, 0.29) is 12.2 Å². The molecular weight excluding hydrogens is 400 g/mol. The molecule has 30 heavy (non-hydrogen) atoms. The molecule has 0 bridgehead atoms. The minimum atomic E-state index is -3.47. The Morgan fingerprint density at radius 1 is 0.933 bits per heavy atom. The normalized spacial score (nSPS) is 18.0. The van der Waals surface area contributed by atoms with Crippen LogP contribution >= 0.6 is 0 Å². The van der Waals surface area contributed by atoms with Crippen LogP contribution in [0.1, 0.15) is 38.3 Å². The first-order valence-corrected chi connectivity index (χ1v) is 12.0. The van der Waals surface area contributed by atoms with E-state index < -0.39 is 10.0 Å². The quantitative estimate of drug-likeness (QED) is 0.701. The molecule has 2 aliphatic rings. The molecule has 0 unspecified atom stereocenters. The molecule has 4 rings (SSSR count). The van der Waals surface area contributed by atoms with Gasteiger partial charge in [0.05, 0.1) is 4.90 Å². The molecule has 0 amide bonds. The zero-order valence-electron chi connectivity index (χ0n) is 17.9. The third-order valence-corrected chi connectivity index (χ3v) is 8.24. The van der Waals surface area contributed by atoms with Gasteiger partial charge in [0.2, 0.25) is 16.8 Å². The molecule has 1 saturated heterocycles. The Morgan fingerprint density at radius 2 is 1.60 bits per heavy atom. The predicted octanol–water partition coefficient (Wildman–Crippen LogP) is 3.61. The van der Waals surface area contributed by atoms with Crippen LogP contribution in [0.2, 0.25) is 0 Å². The van der Waals surface area contributed by atoms with Crippen LogP contribution in [0.15, 0.2) is 47.4 Å². The van der Waals surface area contributed by atoms with Crippen LogP contribution in [0.5, 0.6) is 11.5 Å². The summed E-state index contributed by atoms with van der Waals surface area (Å²) < 4.78 is 38.6. The number of fused-ring (bicyclic) bond motifs is 1. The van der Waals surface area contributed by atoms with Gasteiger partial charge in [-0.3, -0.25) is 4.90 Å². The fraction of sp³-hybridized carbons (Fsp3) is 0.478. The van der Waals surface area contributed by atoms with Crippen LogP contribution in [-0.4, -0.2) is 50.6 Å². The van der Waals surface area contributed by atoms with Crippen molar-refractivity contribution >= 4 is 10.0 Å². The second-order valence-electron chi connectivity index (χ2n) is 8.63. The summed E-state index contributed by atoms with van der Waals surface area (Å²) in [5.41, 5.74) is 2.35. The number of hydrogen-bond donors (Lipinski definition) is 0. The van der Waals surface area contributed by atoms with Gasteiger partial charge >= 0.3 is 0 Å². The van der Waals surface area contributed by atoms with Gasteiger partial charge in [0, 0.05) is 32.7 Å². The minimum Gasteiger partial charge on any atom is -0.454 e. The van der Waals surface area contributed by atoms with Crippen LogP contribution < -0.4 is 9.47 Å². The average molecular weight is 431 g/mol. The summed E-state index contributed by atoms with van der Waals surface area (Å²) in [6.07, 6.45) is 1.00. The Morgan fingerprint density at radius 3 is 2.27 bits per heavy atom. The lowest BCUT2D eigenvalue weighted by atomic mass is 9.82. The van der Waals surface area contributed by atoms with Gasteiger partial charge in [-0.05, 0) is 47.2 Å². The standard InChI is InChI=1S/C23H30N2O4S/c1-4-23(2,3)19-6-8-20(9-7-19)30(26,27)25-13-11-24(12-14-25)16-18-5-10-21-22(15-18)29-17-28-21/h5-10,15H,4,11-14,16-17H2,1-3H3. The van der Waals surface area contributed by atoms with Crippen molar-refractivity contribution in [3.63, 3.8) is 0 Å². The largest absolute Gasteiger partial charge is 0.454 e. The first kappa shape index (κ1) is 21.2. The fourth-order valence-corrected chi connectivity index (χ4v) is 5.28. The van der Waals surface area contributed by atoms with Crippen LogP contribution in [0.25, 0.3) is 0 Å². The highest BCUT2D eigenvalue weighted by Gasteiger charge is 2.29. The van der Waals surface area contributed by atoms with Gasteiger partial charge < -0.3 is 9.47 Å². The van der Waals surface area contributed by atoms with E-state index in [1.807, 2.05) is 30.3 Å². The molecule has 7 heteroatoms.